The molecule has 18 heavy (non-hydrogen) atoms. The molecule has 2 rings (SSSR count). The van der Waals surface area contributed by atoms with Gasteiger partial charge in [0.05, 0.1) is 16.0 Å². The Bertz CT molecular complexity index is 713. The molecule has 1 aromatic heterocycles. The summed E-state index contributed by atoms with van der Waals surface area (Å²) < 4.78 is 60.4. The van der Waals surface area contributed by atoms with Crippen molar-refractivity contribution < 1.29 is 21.6 Å². The minimum atomic E-state index is -4.66. The van der Waals surface area contributed by atoms with E-state index in [1.165, 1.54) is 18.3 Å². The van der Waals surface area contributed by atoms with Gasteiger partial charge in [0.2, 0.25) is 0 Å². The molecule has 3 nitrogen and oxygen atoms in total. The number of alkyl halides is 3. The molecule has 0 spiro atoms. The molecule has 0 amide bonds. The largest absolute Gasteiger partial charge is 0.416 e. The Kier molecular flexibility index (Phi) is 2.98. The molecule has 0 fully saturated rings. The number of fused-ring (bicyclic) bond motifs is 1. The number of hydrogen-bond acceptors (Lipinski definition) is 3. The third-order valence-corrected chi connectivity index (χ3v) is 3.63. The quantitative estimate of drug-likeness (QED) is 0.759. The van der Waals surface area contributed by atoms with Crippen molar-refractivity contribution in [2.45, 2.75) is 11.1 Å². The minimum Gasteiger partial charge on any atom is -0.256 e. The fraction of sp³-hybridized carbons (Fsp3) is 0.100. The van der Waals surface area contributed by atoms with Gasteiger partial charge in [-0.25, -0.2) is 8.42 Å². The summed E-state index contributed by atoms with van der Waals surface area (Å²) >= 11 is 0. The monoisotopic (exact) mass is 295 g/mol. The average Bonchev–Trinajstić information content (AvgIpc) is 2.25. The fourth-order valence-electron chi connectivity index (χ4n) is 1.51. The Balaban J connectivity index is 2.90. The SMILES string of the molecule is O=S(=O)(Cl)c1cc(C(F)(F)F)cc2ncccc12. The lowest BCUT2D eigenvalue weighted by Crippen LogP contribution is -2.07. The van der Waals surface area contributed by atoms with Gasteiger partial charge < -0.3 is 0 Å². The van der Waals surface area contributed by atoms with E-state index in [9.17, 15) is 21.6 Å². The first-order valence-electron chi connectivity index (χ1n) is 4.60. The second kappa shape index (κ2) is 4.10. The normalized spacial score (nSPS) is 12.9. The molecule has 1 heterocycles. The molecule has 0 radical (unpaired) electrons. The molecule has 0 aliphatic carbocycles. The van der Waals surface area contributed by atoms with Crippen LogP contribution in [0.25, 0.3) is 10.9 Å². The Morgan fingerprint density at radius 1 is 1.22 bits per heavy atom. The van der Waals surface area contributed by atoms with Crippen molar-refractivity contribution in [1.82, 2.24) is 4.98 Å². The average molecular weight is 296 g/mol. The smallest absolute Gasteiger partial charge is 0.256 e. The predicted octanol–water partition coefficient (Wildman–Crippen LogP) is 3.18. The zero-order valence-electron chi connectivity index (χ0n) is 8.57. The number of benzene rings is 1. The number of halogens is 4. The van der Waals surface area contributed by atoms with Crippen LogP contribution in [0.3, 0.4) is 0 Å². The van der Waals surface area contributed by atoms with Crippen molar-refractivity contribution in [2.24, 2.45) is 0 Å². The number of aromatic nitrogens is 1. The summed E-state index contributed by atoms with van der Waals surface area (Å²) in [4.78, 5) is 3.11. The molecule has 0 aliphatic heterocycles. The molecule has 0 N–H and O–H groups in total. The van der Waals surface area contributed by atoms with Gasteiger partial charge in [0.15, 0.2) is 0 Å². The first-order valence-corrected chi connectivity index (χ1v) is 6.91. The Hall–Kier alpha value is -1.34. The predicted molar refractivity (Wildman–Crippen MR) is 59.8 cm³/mol. The van der Waals surface area contributed by atoms with Crippen LogP contribution in [0, 0.1) is 0 Å². The van der Waals surface area contributed by atoms with Gasteiger partial charge in [0.1, 0.15) is 0 Å². The lowest BCUT2D eigenvalue weighted by molar-refractivity contribution is -0.137. The van der Waals surface area contributed by atoms with Crippen LogP contribution in [-0.2, 0) is 15.2 Å². The van der Waals surface area contributed by atoms with Crippen LogP contribution in [0.2, 0.25) is 0 Å². The van der Waals surface area contributed by atoms with Gasteiger partial charge in [-0.05, 0) is 24.3 Å². The number of nitrogens with zero attached hydrogens (tertiary/aromatic N) is 1. The van der Waals surface area contributed by atoms with E-state index in [0.29, 0.717) is 6.07 Å². The van der Waals surface area contributed by atoms with Gasteiger partial charge in [0.25, 0.3) is 9.05 Å². The molecule has 0 saturated heterocycles. The van der Waals surface area contributed by atoms with Crippen molar-refractivity contribution in [2.75, 3.05) is 0 Å². The first kappa shape index (κ1) is 13.1. The van der Waals surface area contributed by atoms with E-state index >= 15 is 0 Å². The maximum absolute atomic E-state index is 12.6. The number of rotatable bonds is 1. The zero-order valence-corrected chi connectivity index (χ0v) is 10.1. The maximum Gasteiger partial charge on any atom is 0.416 e. The highest BCUT2D eigenvalue weighted by molar-refractivity contribution is 8.14. The summed E-state index contributed by atoms with van der Waals surface area (Å²) in [6.07, 6.45) is -3.39. The fourth-order valence-corrected chi connectivity index (χ4v) is 2.60. The van der Waals surface area contributed by atoms with Crippen LogP contribution in [0.4, 0.5) is 13.2 Å². The van der Waals surface area contributed by atoms with Crippen molar-refractivity contribution in [3.63, 3.8) is 0 Å². The van der Waals surface area contributed by atoms with Crippen molar-refractivity contribution in [3.8, 4) is 0 Å². The Morgan fingerprint density at radius 2 is 1.89 bits per heavy atom. The van der Waals surface area contributed by atoms with E-state index < -0.39 is 25.7 Å². The van der Waals surface area contributed by atoms with E-state index in [1.807, 2.05) is 0 Å². The summed E-state index contributed by atoms with van der Waals surface area (Å²) in [6.45, 7) is 0. The van der Waals surface area contributed by atoms with Crippen LogP contribution >= 0.6 is 10.7 Å². The van der Waals surface area contributed by atoms with Crippen LogP contribution < -0.4 is 0 Å². The second-order valence-corrected chi connectivity index (χ2v) is 6.01. The van der Waals surface area contributed by atoms with Crippen molar-refractivity contribution in [1.29, 1.82) is 0 Å². The third-order valence-electron chi connectivity index (χ3n) is 2.27. The summed E-state index contributed by atoms with van der Waals surface area (Å²) in [6, 6.07) is 4.05. The van der Waals surface area contributed by atoms with E-state index in [4.69, 9.17) is 10.7 Å². The van der Waals surface area contributed by atoms with Gasteiger partial charge in [0, 0.05) is 22.3 Å². The highest BCUT2D eigenvalue weighted by Gasteiger charge is 2.33. The topological polar surface area (TPSA) is 47.0 Å². The van der Waals surface area contributed by atoms with Gasteiger partial charge in [-0.15, -0.1) is 0 Å². The standard InChI is InChI=1S/C10H5ClF3NO2S/c11-18(16,17)9-5-6(10(12,13)14)4-8-7(9)2-1-3-15-8/h1-5H. The Morgan fingerprint density at radius 3 is 2.44 bits per heavy atom. The molecule has 0 saturated carbocycles. The molecular weight excluding hydrogens is 291 g/mol. The van der Waals surface area contributed by atoms with Crippen LogP contribution in [-0.4, -0.2) is 13.4 Å². The molecule has 2 aromatic rings. The highest BCUT2D eigenvalue weighted by atomic mass is 35.7. The van der Waals surface area contributed by atoms with Crippen LogP contribution in [0.15, 0.2) is 35.4 Å². The van der Waals surface area contributed by atoms with E-state index in [-0.39, 0.29) is 10.9 Å². The van der Waals surface area contributed by atoms with Gasteiger partial charge in [-0.2, -0.15) is 13.2 Å². The maximum atomic E-state index is 12.6. The summed E-state index contributed by atoms with van der Waals surface area (Å²) in [5.74, 6) is 0. The first-order chi connectivity index (χ1) is 8.19. The van der Waals surface area contributed by atoms with Gasteiger partial charge >= 0.3 is 6.18 Å². The lowest BCUT2D eigenvalue weighted by Gasteiger charge is -2.10. The summed E-state index contributed by atoms with van der Waals surface area (Å²) in [5, 5.41) is 0.0560. The lowest BCUT2D eigenvalue weighted by atomic mass is 10.1. The number of pyridine rings is 1. The summed E-state index contributed by atoms with van der Waals surface area (Å²) in [7, 11) is 0.857. The van der Waals surface area contributed by atoms with E-state index in [2.05, 4.69) is 4.98 Å². The van der Waals surface area contributed by atoms with E-state index in [0.717, 1.165) is 6.07 Å². The molecule has 96 valence electrons. The van der Waals surface area contributed by atoms with Crippen molar-refractivity contribution >= 4 is 30.6 Å². The zero-order chi connectivity index (χ0) is 13.6. The molecule has 0 bridgehead atoms. The van der Waals surface area contributed by atoms with Crippen molar-refractivity contribution in [3.05, 3.63) is 36.0 Å². The van der Waals surface area contributed by atoms with E-state index in [1.54, 1.807) is 0 Å². The Labute approximate surface area is 105 Å². The highest BCUT2D eigenvalue weighted by Crippen LogP contribution is 2.35. The molecule has 0 aliphatic rings. The molecule has 8 heteroatoms. The van der Waals surface area contributed by atoms with Crippen LogP contribution in [0.5, 0.6) is 0 Å². The number of hydrogen-bond donors (Lipinski definition) is 0. The van der Waals surface area contributed by atoms with Gasteiger partial charge in [-0.3, -0.25) is 4.98 Å². The molecule has 1 aromatic carbocycles. The third kappa shape index (κ3) is 2.41. The molecule has 0 unspecified atom stereocenters. The van der Waals surface area contributed by atoms with Crippen LogP contribution in [0.1, 0.15) is 5.56 Å². The molecular formula is C10H5ClF3NO2S. The second-order valence-electron chi connectivity index (χ2n) is 3.48. The summed E-state index contributed by atoms with van der Waals surface area (Å²) in [5.41, 5.74) is -1.18. The molecule has 0 atom stereocenters. The van der Waals surface area contributed by atoms with Gasteiger partial charge in [-0.1, -0.05) is 0 Å². The minimum absolute atomic E-state index is 0.0560.